The molecule has 0 saturated carbocycles. The van der Waals surface area contributed by atoms with E-state index in [1.165, 1.54) is 5.56 Å². The zero-order valence-corrected chi connectivity index (χ0v) is 11.6. The van der Waals surface area contributed by atoms with Gasteiger partial charge >= 0.3 is 0 Å². The first-order chi connectivity index (χ1) is 9.13. The lowest BCUT2D eigenvalue weighted by Gasteiger charge is -2.11. The lowest BCUT2D eigenvalue weighted by Crippen LogP contribution is -2.14. The minimum Gasteiger partial charge on any atom is -0.366 e. The molecule has 0 amide bonds. The second-order valence-electron chi connectivity index (χ2n) is 4.86. The Kier molecular flexibility index (Phi) is 4.34. The van der Waals surface area contributed by atoms with Crippen LogP contribution in [-0.2, 0) is 6.54 Å². The fourth-order valence-corrected chi connectivity index (χ4v) is 1.77. The van der Waals surface area contributed by atoms with Gasteiger partial charge in [0.1, 0.15) is 5.82 Å². The van der Waals surface area contributed by atoms with Crippen LogP contribution in [0.15, 0.2) is 36.4 Å². The molecule has 0 spiro atoms. The molecule has 0 aliphatic carbocycles. The van der Waals surface area contributed by atoms with Gasteiger partial charge in [0, 0.05) is 24.3 Å². The summed E-state index contributed by atoms with van der Waals surface area (Å²) in [7, 11) is 0. The summed E-state index contributed by atoms with van der Waals surface area (Å²) in [5.41, 5.74) is 2.19. The van der Waals surface area contributed by atoms with Crippen molar-refractivity contribution in [2.75, 3.05) is 10.6 Å². The van der Waals surface area contributed by atoms with Crippen molar-refractivity contribution < 1.29 is 0 Å². The molecule has 0 unspecified atom stereocenters. The molecule has 1 aromatic heterocycles. The van der Waals surface area contributed by atoms with Crippen LogP contribution >= 0.6 is 0 Å². The maximum Gasteiger partial charge on any atom is 0.225 e. The first-order valence-electron chi connectivity index (χ1n) is 6.53. The van der Waals surface area contributed by atoms with Gasteiger partial charge in [-0.15, -0.1) is 0 Å². The Morgan fingerprint density at radius 1 is 1.11 bits per heavy atom. The summed E-state index contributed by atoms with van der Waals surface area (Å²) in [4.78, 5) is 8.82. The van der Waals surface area contributed by atoms with Gasteiger partial charge in [0.05, 0.1) is 0 Å². The van der Waals surface area contributed by atoms with Crippen molar-refractivity contribution in [3.63, 3.8) is 0 Å². The maximum atomic E-state index is 4.46. The van der Waals surface area contributed by atoms with Gasteiger partial charge in [-0.1, -0.05) is 30.3 Å². The van der Waals surface area contributed by atoms with Crippen molar-refractivity contribution in [2.24, 2.45) is 0 Å². The summed E-state index contributed by atoms with van der Waals surface area (Å²) in [6.45, 7) is 6.88. The molecule has 1 aromatic carbocycles. The van der Waals surface area contributed by atoms with E-state index in [4.69, 9.17) is 0 Å². The zero-order chi connectivity index (χ0) is 13.7. The van der Waals surface area contributed by atoms with Crippen molar-refractivity contribution in [3.8, 4) is 0 Å². The van der Waals surface area contributed by atoms with E-state index in [1.54, 1.807) is 0 Å². The predicted molar refractivity (Wildman–Crippen MR) is 79.3 cm³/mol. The average Bonchev–Trinajstić information content (AvgIpc) is 2.36. The summed E-state index contributed by atoms with van der Waals surface area (Å²) in [5, 5.41) is 6.55. The number of nitrogens with one attached hydrogen (secondary N) is 2. The number of aromatic nitrogens is 2. The van der Waals surface area contributed by atoms with Crippen molar-refractivity contribution in [1.82, 2.24) is 9.97 Å². The maximum absolute atomic E-state index is 4.46. The number of aryl methyl sites for hydroxylation is 1. The summed E-state index contributed by atoms with van der Waals surface area (Å²) < 4.78 is 0. The molecule has 0 bridgehead atoms. The Bertz CT molecular complexity index is 523. The molecule has 2 aromatic rings. The zero-order valence-electron chi connectivity index (χ0n) is 11.6. The number of rotatable bonds is 5. The molecule has 0 fully saturated rings. The highest BCUT2D eigenvalue weighted by Gasteiger charge is 2.03. The molecule has 2 N–H and O–H groups in total. The number of hydrogen-bond acceptors (Lipinski definition) is 4. The van der Waals surface area contributed by atoms with E-state index in [1.807, 2.05) is 31.2 Å². The van der Waals surface area contributed by atoms with E-state index in [0.717, 1.165) is 18.1 Å². The Morgan fingerprint density at radius 3 is 2.53 bits per heavy atom. The Labute approximate surface area is 114 Å². The quantitative estimate of drug-likeness (QED) is 0.862. The number of benzene rings is 1. The lowest BCUT2D eigenvalue weighted by molar-refractivity contribution is 0.870. The summed E-state index contributed by atoms with van der Waals surface area (Å²) >= 11 is 0. The first kappa shape index (κ1) is 13.3. The van der Waals surface area contributed by atoms with Gasteiger partial charge in [0.25, 0.3) is 0 Å². The average molecular weight is 256 g/mol. The molecule has 2 rings (SSSR count). The van der Waals surface area contributed by atoms with Crippen LogP contribution in [0.4, 0.5) is 11.8 Å². The molecule has 0 aliphatic rings. The third kappa shape index (κ3) is 4.25. The standard InChI is InChI=1S/C15H20N4/c1-11(2)17-15-18-12(3)9-14(19-15)16-10-13-7-5-4-6-8-13/h4-9,11H,10H2,1-3H3,(H2,16,17,18,19). The van der Waals surface area contributed by atoms with Gasteiger partial charge in [0.15, 0.2) is 0 Å². The molecular weight excluding hydrogens is 236 g/mol. The molecule has 0 atom stereocenters. The fraction of sp³-hybridized carbons (Fsp3) is 0.333. The van der Waals surface area contributed by atoms with Gasteiger partial charge in [-0.3, -0.25) is 0 Å². The smallest absolute Gasteiger partial charge is 0.225 e. The first-order valence-corrected chi connectivity index (χ1v) is 6.53. The Morgan fingerprint density at radius 2 is 1.84 bits per heavy atom. The SMILES string of the molecule is Cc1cc(NCc2ccccc2)nc(NC(C)C)n1. The molecule has 4 heteroatoms. The van der Waals surface area contributed by atoms with Crippen LogP contribution in [0.5, 0.6) is 0 Å². The third-order valence-corrected chi connectivity index (χ3v) is 2.59. The van der Waals surface area contributed by atoms with Crippen LogP contribution in [0.2, 0.25) is 0 Å². The predicted octanol–water partition coefficient (Wildman–Crippen LogP) is 3.22. The molecular formula is C15H20N4. The molecule has 4 nitrogen and oxygen atoms in total. The number of hydrogen-bond donors (Lipinski definition) is 2. The Hall–Kier alpha value is -2.10. The van der Waals surface area contributed by atoms with Crippen molar-refractivity contribution in [2.45, 2.75) is 33.4 Å². The third-order valence-electron chi connectivity index (χ3n) is 2.59. The number of anilines is 2. The minimum absolute atomic E-state index is 0.323. The normalized spacial score (nSPS) is 10.5. The summed E-state index contributed by atoms with van der Waals surface area (Å²) in [6.07, 6.45) is 0. The van der Waals surface area contributed by atoms with Gasteiger partial charge in [-0.05, 0) is 26.3 Å². The molecule has 1 heterocycles. The number of nitrogens with zero attached hydrogens (tertiary/aromatic N) is 2. The van der Waals surface area contributed by atoms with Crippen LogP contribution in [-0.4, -0.2) is 16.0 Å². The highest BCUT2D eigenvalue weighted by molar-refractivity contribution is 5.43. The van der Waals surface area contributed by atoms with Crippen LogP contribution < -0.4 is 10.6 Å². The summed E-state index contributed by atoms with van der Waals surface area (Å²) in [5.74, 6) is 1.52. The molecule has 0 radical (unpaired) electrons. The minimum atomic E-state index is 0.323. The van der Waals surface area contributed by atoms with Gasteiger partial charge in [0.2, 0.25) is 5.95 Å². The van der Waals surface area contributed by atoms with Gasteiger partial charge in [-0.2, -0.15) is 4.98 Å². The summed E-state index contributed by atoms with van der Waals surface area (Å²) in [6, 6.07) is 12.5. The second kappa shape index (κ2) is 6.18. The molecule has 19 heavy (non-hydrogen) atoms. The van der Waals surface area contributed by atoms with E-state index in [9.17, 15) is 0 Å². The second-order valence-corrected chi connectivity index (χ2v) is 4.86. The van der Waals surface area contributed by atoms with Crippen molar-refractivity contribution in [3.05, 3.63) is 47.7 Å². The topological polar surface area (TPSA) is 49.8 Å². The van der Waals surface area contributed by atoms with Crippen LogP contribution in [0.1, 0.15) is 25.1 Å². The fourth-order valence-electron chi connectivity index (χ4n) is 1.77. The monoisotopic (exact) mass is 256 g/mol. The van der Waals surface area contributed by atoms with Crippen molar-refractivity contribution in [1.29, 1.82) is 0 Å². The van der Waals surface area contributed by atoms with Crippen LogP contribution in [0, 0.1) is 6.92 Å². The van der Waals surface area contributed by atoms with Crippen molar-refractivity contribution >= 4 is 11.8 Å². The van der Waals surface area contributed by atoms with Crippen LogP contribution in [0.3, 0.4) is 0 Å². The van der Waals surface area contributed by atoms with E-state index >= 15 is 0 Å². The highest BCUT2D eigenvalue weighted by atomic mass is 15.1. The lowest BCUT2D eigenvalue weighted by atomic mass is 10.2. The highest BCUT2D eigenvalue weighted by Crippen LogP contribution is 2.11. The van der Waals surface area contributed by atoms with Gasteiger partial charge in [-0.25, -0.2) is 4.98 Å². The Balaban J connectivity index is 2.05. The molecule has 0 aliphatic heterocycles. The van der Waals surface area contributed by atoms with Crippen LogP contribution in [0.25, 0.3) is 0 Å². The molecule has 100 valence electrons. The van der Waals surface area contributed by atoms with Gasteiger partial charge < -0.3 is 10.6 Å². The van der Waals surface area contributed by atoms with E-state index in [0.29, 0.717) is 12.0 Å². The van der Waals surface area contributed by atoms with E-state index in [-0.39, 0.29) is 0 Å². The molecule has 0 saturated heterocycles. The van der Waals surface area contributed by atoms with E-state index < -0.39 is 0 Å². The largest absolute Gasteiger partial charge is 0.366 e. The van der Waals surface area contributed by atoms with E-state index in [2.05, 4.69) is 46.6 Å².